The maximum Gasteiger partial charge on any atom is 0.306 e. The maximum atomic E-state index is 14.0. The van der Waals surface area contributed by atoms with Gasteiger partial charge in [-0.1, -0.05) is 24.3 Å². The van der Waals surface area contributed by atoms with Crippen molar-refractivity contribution in [3.63, 3.8) is 0 Å². The Labute approximate surface area is 213 Å². The molecule has 2 aliphatic heterocycles. The first kappa shape index (κ1) is 23.3. The van der Waals surface area contributed by atoms with Gasteiger partial charge in [-0.3, -0.25) is 14.4 Å². The van der Waals surface area contributed by atoms with Gasteiger partial charge in [-0.25, -0.2) is 0 Å². The van der Waals surface area contributed by atoms with E-state index in [1.165, 1.54) is 0 Å². The standard InChI is InChI=1S/C29H29N3O5/c1-29(2,3)37-24(33)11-9-21-28(35)32-22(27(34)31-21)15-19-18-6-4-5-7-20(18)30-25(19)26(32)17-8-10-23-16(14-17)12-13-36-23/h4-8,10,12-14,21-22,26,30H,9,11,15H2,1-3H3,(H,31,34)/t21-,22+,26+/m0/s1. The highest BCUT2D eigenvalue weighted by atomic mass is 16.6. The molecule has 3 atom stereocenters. The number of nitrogens with one attached hydrogen (secondary N) is 2. The summed E-state index contributed by atoms with van der Waals surface area (Å²) in [5.74, 6) is -0.802. The van der Waals surface area contributed by atoms with E-state index >= 15 is 0 Å². The number of aromatic amines is 1. The van der Waals surface area contributed by atoms with Crippen molar-refractivity contribution >= 4 is 39.7 Å². The van der Waals surface area contributed by atoms with E-state index in [1.807, 2.05) is 48.5 Å². The Hall–Kier alpha value is -4.07. The van der Waals surface area contributed by atoms with E-state index in [2.05, 4.69) is 10.3 Å². The summed E-state index contributed by atoms with van der Waals surface area (Å²) in [7, 11) is 0. The third kappa shape index (κ3) is 4.06. The number of benzene rings is 2. The number of piperazine rings is 1. The normalized spacial score (nSPS) is 21.6. The van der Waals surface area contributed by atoms with Gasteiger partial charge in [0.1, 0.15) is 23.3 Å². The zero-order chi connectivity index (χ0) is 25.9. The minimum absolute atomic E-state index is 0.0374. The van der Waals surface area contributed by atoms with Gasteiger partial charge in [0, 0.05) is 34.8 Å². The van der Waals surface area contributed by atoms with Crippen molar-refractivity contribution in [3.05, 3.63) is 71.6 Å². The molecule has 4 heterocycles. The number of aromatic nitrogens is 1. The molecule has 2 amide bonds. The summed E-state index contributed by atoms with van der Waals surface area (Å²) in [4.78, 5) is 45.0. The van der Waals surface area contributed by atoms with Crippen molar-refractivity contribution in [3.8, 4) is 0 Å². The number of fused-ring (bicyclic) bond motifs is 5. The molecule has 0 unspecified atom stereocenters. The van der Waals surface area contributed by atoms with Crippen LogP contribution in [-0.4, -0.2) is 45.4 Å². The number of carbonyl (C=O) groups excluding carboxylic acids is 3. The van der Waals surface area contributed by atoms with Crippen molar-refractivity contribution in [1.29, 1.82) is 0 Å². The van der Waals surface area contributed by atoms with E-state index in [0.29, 0.717) is 6.42 Å². The van der Waals surface area contributed by atoms with Gasteiger partial charge in [-0.2, -0.15) is 0 Å². The Morgan fingerprint density at radius 3 is 2.76 bits per heavy atom. The molecule has 0 bridgehead atoms. The molecule has 2 aliphatic rings. The second-order valence-electron chi connectivity index (χ2n) is 10.8. The summed E-state index contributed by atoms with van der Waals surface area (Å²) < 4.78 is 10.9. The zero-order valence-electron chi connectivity index (χ0n) is 21.0. The van der Waals surface area contributed by atoms with Crippen LogP contribution in [0.2, 0.25) is 0 Å². The molecule has 2 N–H and O–H groups in total. The summed E-state index contributed by atoms with van der Waals surface area (Å²) in [6.45, 7) is 5.41. The Bertz CT molecular complexity index is 1540. The lowest BCUT2D eigenvalue weighted by molar-refractivity contribution is -0.157. The highest BCUT2D eigenvalue weighted by Crippen LogP contribution is 2.43. The van der Waals surface area contributed by atoms with Crippen LogP contribution in [0.3, 0.4) is 0 Å². The molecule has 0 radical (unpaired) electrons. The average molecular weight is 500 g/mol. The van der Waals surface area contributed by atoms with Crippen LogP contribution in [0.5, 0.6) is 0 Å². The van der Waals surface area contributed by atoms with Crippen molar-refractivity contribution in [2.75, 3.05) is 0 Å². The fourth-order valence-corrected chi connectivity index (χ4v) is 5.63. The third-order valence-electron chi connectivity index (χ3n) is 7.15. The van der Waals surface area contributed by atoms with E-state index in [4.69, 9.17) is 9.15 Å². The van der Waals surface area contributed by atoms with Crippen molar-refractivity contribution in [2.24, 2.45) is 0 Å². The second kappa shape index (κ2) is 8.50. The molecule has 6 rings (SSSR count). The number of H-pyrrole nitrogens is 1. The number of hydrogen-bond donors (Lipinski definition) is 2. The first-order valence-electron chi connectivity index (χ1n) is 12.6. The minimum Gasteiger partial charge on any atom is -0.464 e. The Kier molecular flexibility index (Phi) is 5.36. The fraction of sp³-hybridized carbons (Fsp3) is 0.345. The van der Waals surface area contributed by atoms with E-state index in [-0.39, 0.29) is 24.7 Å². The summed E-state index contributed by atoms with van der Waals surface area (Å²) in [5, 5.41) is 4.87. The Balaban J connectivity index is 1.41. The largest absolute Gasteiger partial charge is 0.464 e. The molecule has 0 spiro atoms. The molecule has 4 aromatic rings. The molecular weight excluding hydrogens is 470 g/mol. The number of rotatable bonds is 4. The van der Waals surface area contributed by atoms with E-state index in [9.17, 15) is 14.4 Å². The van der Waals surface area contributed by atoms with E-state index in [0.717, 1.165) is 38.7 Å². The minimum atomic E-state index is -0.803. The zero-order valence-corrected chi connectivity index (χ0v) is 21.0. The molecule has 1 fully saturated rings. The summed E-state index contributed by atoms with van der Waals surface area (Å²) >= 11 is 0. The Morgan fingerprint density at radius 2 is 1.95 bits per heavy atom. The molecule has 2 aromatic heterocycles. The van der Waals surface area contributed by atoms with E-state index in [1.54, 1.807) is 31.9 Å². The van der Waals surface area contributed by atoms with Crippen LogP contribution in [0.15, 0.2) is 59.2 Å². The fourth-order valence-electron chi connectivity index (χ4n) is 5.63. The average Bonchev–Trinajstić information content (AvgIpc) is 3.47. The second-order valence-corrected chi connectivity index (χ2v) is 10.8. The molecule has 37 heavy (non-hydrogen) atoms. The number of furan rings is 1. The quantitative estimate of drug-likeness (QED) is 0.406. The van der Waals surface area contributed by atoms with Gasteiger partial charge in [0.2, 0.25) is 11.8 Å². The molecule has 190 valence electrons. The molecule has 2 aromatic carbocycles. The number of ether oxygens (including phenoxy) is 1. The third-order valence-corrected chi connectivity index (χ3v) is 7.15. The molecule has 0 saturated carbocycles. The van der Waals surface area contributed by atoms with Gasteiger partial charge in [-0.15, -0.1) is 0 Å². The van der Waals surface area contributed by atoms with Crippen LogP contribution in [0.1, 0.15) is 56.5 Å². The lowest BCUT2D eigenvalue weighted by atomic mass is 9.85. The molecule has 8 heteroatoms. The van der Waals surface area contributed by atoms with Gasteiger partial charge < -0.3 is 24.4 Å². The van der Waals surface area contributed by atoms with Gasteiger partial charge in [0.25, 0.3) is 0 Å². The number of carbonyl (C=O) groups is 3. The van der Waals surface area contributed by atoms with Gasteiger partial charge in [-0.05, 0) is 62.6 Å². The van der Waals surface area contributed by atoms with Crippen LogP contribution < -0.4 is 5.32 Å². The number of amides is 2. The van der Waals surface area contributed by atoms with Crippen molar-refractivity contribution < 1.29 is 23.5 Å². The van der Waals surface area contributed by atoms with Crippen LogP contribution in [0.4, 0.5) is 0 Å². The summed E-state index contributed by atoms with van der Waals surface area (Å²) in [6, 6.07) is 13.8. The van der Waals surface area contributed by atoms with Gasteiger partial charge >= 0.3 is 5.97 Å². The van der Waals surface area contributed by atoms with Crippen LogP contribution in [-0.2, 0) is 25.5 Å². The van der Waals surface area contributed by atoms with Gasteiger partial charge in [0.15, 0.2) is 0 Å². The van der Waals surface area contributed by atoms with Gasteiger partial charge in [0.05, 0.1) is 12.3 Å². The van der Waals surface area contributed by atoms with Crippen LogP contribution in [0, 0.1) is 0 Å². The first-order chi connectivity index (χ1) is 17.7. The SMILES string of the molecule is CC(C)(C)OC(=O)CC[C@@H]1NC(=O)[C@H]2Cc3c([nH]c4ccccc34)[C@@H](c3ccc4occc4c3)N2C1=O. The number of hydrogen-bond acceptors (Lipinski definition) is 5. The van der Waals surface area contributed by atoms with Crippen molar-refractivity contribution in [1.82, 2.24) is 15.2 Å². The molecule has 1 saturated heterocycles. The van der Waals surface area contributed by atoms with Crippen LogP contribution >= 0.6 is 0 Å². The molecule has 0 aliphatic carbocycles. The van der Waals surface area contributed by atoms with Crippen LogP contribution in [0.25, 0.3) is 21.9 Å². The number of esters is 1. The predicted molar refractivity (Wildman–Crippen MR) is 138 cm³/mol. The number of para-hydroxylation sites is 1. The monoisotopic (exact) mass is 499 g/mol. The maximum absolute atomic E-state index is 14.0. The molecular formula is C29H29N3O5. The number of nitrogens with zero attached hydrogens (tertiary/aromatic N) is 1. The highest BCUT2D eigenvalue weighted by Gasteiger charge is 2.49. The lowest BCUT2D eigenvalue weighted by Crippen LogP contribution is -2.66. The van der Waals surface area contributed by atoms with Crippen molar-refractivity contribution in [2.45, 2.75) is 63.8 Å². The summed E-state index contributed by atoms with van der Waals surface area (Å²) in [5.41, 5.74) is 3.96. The lowest BCUT2D eigenvalue weighted by Gasteiger charge is -2.46. The highest BCUT2D eigenvalue weighted by molar-refractivity contribution is 5.99. The van der Waals surface area contributed by atoms with E-state index < -0.39 is 29.7 Å². The Morgan fingerprint density at radius 1 is 1.14 bits per heavy atom. The molecule has 8 nitrogen and oxygen atoms in total. The first-order valence-corrected chi connectivity index (χ1v) is 12.6. The summed E-state index contributed by atoms with van der Waals surface area (Å²) in [6.07, 6.45) is 2.27. The smallest absolute Gasteiger partial charge is 0.306 e. The predicted octanol–water partition coefficient (Wildman–Crippen LogP) is 4.38. The topological polar surface area (TPSA) is 105 Å².